The standard InChI is InChI=1S/C19H24N4O5S2/c1-19(2)13(17(26)27)23-15(25)12(16(23)30-19)22-14(24)8(11-6-29-18(20)21-11)3-7-9-4-28-5-10(7)9/h6-10,12-13,16H,3-5H2,1-2H3,(H2,20,21)(H,22,24)(H,26,27)/t7?,8?,9?,10?,12-,13+,16-/m1/s1. The monoisotopic (exact) mass is 452 g/mol. The van der Waals surface area contributed by atoms with E-state index in [0.717, 1.165) is 13.2 Å². The maximum absolute atomic E-state index is 13.2. The van der Waals surface area contributed by atoms with Gasteiger partial charge in [-0.05, 0) is 38.0 Å². The number of aliphatic carboxylic acids is 1. The molecule has 9 nitrogen and oxygen atoms in total. The molecule has 1 aromatic heterocycles. The molecule has 3 saturated heterocycles. The van der Waals surface area contributed by atoms with Crippen molar-refractivity contribution in [3.8, 4) is 0 Å². The van der Waals surface area contributed by atoms with E-state index in [9.17, 15) is 19.5 Å². The third kappa shape index (κ3) is 3.01. The summed E-state index contributed by atoms with van der Waals surface area (Å²) in [5.41, 5.74) is 6.43. The quantitative estimate of drug-likeness (QED) is 0.538. The van der Waals surface area contributed by atoms with Crippen molar-refractivity contribution < 1.29 is 24.2 Å². The molecule has 0 bridgehead atoms. The molecule has 2 amide bonds. The van der Waals surface area contributed by atoms with Gasteiger partial charge in [0.2, 0.25) is 11.8 Å². The molecule has 0 radical (unpaired) electrons. The molecule has 3 aliphatic heterocycles. The number of β-lactam (4-membered cyclic amide) rings is 1. The number of anilines is 1. The Morgan fingerprint density at radius 2 is 2.13 bits per heavy atom. The summed E-state index contributed by atoms with van der Waals surface area (Å²) < 4.78 is 4.83. The number of ether oxygens (including phenoxy) is 1. The molecule has 3 unspecified atom stereocenters. The van der Waals surface area contributed by atoms with Gasteiger partial charge >= 0.3 is 5.97 Å². The van der Waals surface area contributed by atoms with Crippen LogP contribution in [-0.2, 0) is 19.1 Å². The fourth-order valence-corrected chi connectivity index (χ4v) is 7.44. The van der Waals surface area contributed by atoms with E-state index < -0.39 is 28.7 Å². The lowest BCUT2D eigenvalue weighted by Crippen LogP contribution is -2.70. The number of rotatable bonds is 6. The minimum Gasteiger partial charge on any atom is -0.480 e. The van der Waals surface area contributed by atoms with Crippen LogP contribution in [-0.4, -0.2) is 68.2 Å². The number of hydrogen-bond donors (Lipinski definition) is 3. The molecule has 4 fully saturated rings. The zero-order valence-corrected chi connectivity index (χ0v) is 18.2. The molecule has 0 aromatic carbocycles. The fourth-order valence-electron chi connectivity index (χ4n) is 5.20. The van der Waals surface area contributed by atoms with Gasteiger partial charge in [0.1, 0.15) is 17.5 Å². The number of thioether (sulfide) groups is 1. The van der Waals surface area contributed by atoms with Crippen molar-refractivity contribution in [2.24, 2.45) is 17.8 Å². The first kappa shape index (κ1) is 20.1. The summed E-state index contributed by atoms with van der Waals surface area (Å²) in [6, 6.07) is -1.61. The first-order chi connectivity index (χ1) is 14.2. The normalized spacial score (nSPS) is 36.6. The molecule has 4 N–H and O–H groups in total. The molecule has 0 spiro atoms. The molecule has 11 heteroatoms. The summed E-state index contributed by atoms with van der Waals surface area (Å²) in [4.78, 5) is 43.3. The number of hydrogen-bond acceptors (Lipinski definition) is 8. The van der Waals surface area contributed by atoms with Crippen LogP contribution >= 0.6 is 23.1 Å². The SMILES string of the molecule is CC1(C)S[C@@H]2[C@H](NC(=O)C(CC3C4COCC43)c3csc(N)n3)C(=O)N2[C@H]1C(=O)O. The summed E-state index contributed by atoms with van der Waals surface area (Å²) in [6.45, 7) is 5.11. The minimum absolute atomic E-state index is 0.249. The predicted octanol–water partition coefficient (Wildman–Crippen LogP) is 0.723. The minimum atomic E-state index is -1.02. The molecule has 4 heterocycles. The van der Waals surface area contributed by atoms with Crippen LogP contribution in [0.4, 0.5) is 5.13 Å². The summed E-state index contributed by atoms with van der Waals surface area (Å²) in [5, 5.41) is 14.3. The largest absolute Gasteiger partial charge is 0.480 e. The number of nitrogens with two attached hydrogens (primary N) is 1. The van der Waals surface area contributed by atoms with Crippen molar-refractivity contribution in [3.05, 3.63) is 11.1 Å². The predicted molar refractivity (Wildman–Crippen MR) is 111 cm³/mol. The maximum Gasteiger partial charge on any atom is 0.327 e. The fraction of sp³-hybridized carbons (Fsp3) is 0.684. The van der Waals surface area contributed by atoms with Gasteiger partial charge in [-0.1, -0.05) is 0 Å². The van der Waals surface area contributed by atoms with Gasteiger partial charge in [-0.25, -0.2) is 9.78 Å². The Hall–Kier alpha value is -1.85. The van der Waals surface area contributed by atoms with Crippen LogP contribution < -0.4 is 11.1 Å². The van der Waals surface area contributed by atoms with Gasteiger partial charge in [-0.2, -0.15) is 0 Å². The van der Waals surface area contributed by atoms with Crippen molar-refractivity contribution in [2.75, 3.05) is 18.9 Å². The van der Waals surface area contributed by atoms with Crippen LogP contribution in [0.5, 0.6) is 0 Å². The van der Waals surface area contributed by atoms with Crippen LogP contribution in [0.25, 0.3) is 0 Å². The molecular formula is C19H24N4O5S2. The Labute approximate surface area is 181 Å². The van der Waals surface area contributed by atoms with Crippen molar-refractivity contribution in [3.63, 3.8) is 0 Å². The van der Waals surface area contributed by atoms with Gasteiger partial charge in [0.25, 0.3) is 0 Å². The smallest absolute Gasteiger partial charge is 0.327 e. The van der Waals surface area contributed by atoms with Crippen molar-refractivity contribution in [1.82, 2.24) is 15.2 Å². The summed E-state index contributed by atoms with van der Waals surface area (Å²) >= 11 is 2.71. The van der Waals surface area contributed by atoms with E-state index in [4.69, 9.17) is 10.5 Å². The summed E-state index contributed by atoms with van der Waals surface area (Å²) in [7, 11) is 0. The highest BCUT2D eigenvalue weighted by Crippen LogP contribution is 2.55. The molecule has 5 rings (SSSR count). The van der Waals surface area contributed by atoms with Crippen molar-refractivity contribution in [2.45, 2.75) is 48.4 Å². The Morgan fingerprint density at radius 1 is 1.43 bits per heavy atom. The average Bonchev–Trinajstić information content (AvgIpc) is 3.06. The average molecular weight is 453 g/mol. The van der Waals surface area contributed by atoms with Gasteiger partial charge in [0.05, 0.1) is 24.8 Å². The Kier molecular flexibility index (Phi) is 4.57. The van der Waals surface area contributed by atoms with Crippen molar-refractivity contribution in [1.29, 1.82) is 0 Å². The number of amides is 2. The highest BCUT2D eigenvalue weighted by molar-refractivity contribution is 8.01. The number of aromatic nitrogens is 1. The third-order valence-electron chi connectivity index (χ3n) is 6.82. The van der Waals surface area contributed by atoms with E-state index in [-0.39, 0.29) is 17.2 Å². The molecule has 4 aliphatic rings. The van der Waals surface area contributed by atoms with E-state index in [2.05, 4.69) is 10.3 Å². The molecular weight excluding hydrogens is 428 g/mol. The van der Waals surface area contributed by atoms with E-state index >= 15 is 0 Å². The van der Waals surface area contributed by atoms with Crippen LogP contribution in [0, 0.1) is 17.8 Å². The van der Waals surface area contributed by atoms with Gasteiger partial charge < -0.3 is 25.8 Å². The number of nitrogens with one attached hydrogen (secondary N) is 1. The second-order valence-corrected chi connectivity index (χ2v) is 11.7. The number of nitrogen functional groups attached to an aromatic ring is 1. The molecule has 1 aliphatic carbocycles. The molecule has 162 valence electrons. The number of nitrogens with zero attached hydrogens (tertiary/aromatic N) is 2. The second kappa shape index (κ2) is 6.83. The van der Waals surface area contributed by atoms with Gasteiger partial charge in [0, 0.05) is 10.1 Å². The van der Waals surface area contributed by atoms with Crippen molar-refractivity contribution >= 4 is 46.0 Å². The second-order valence-electron chi connectivity index (χ2n) is 9.01. The number of carbonyl (C=O) groups is 3. The molecule has 6 atom stereocenters. The molecule has 1 saturated carbocycles. The maximum atomic E-state index is 13.2. The Morgan fingerprint density at radius 3 is 2.73 bits per heavy atom. The third-order valence-corrected chi connectivity index (χ3v) is 9.09. The van der Waals surface area contributed by atoms with Gasteiger partial charge in [0.15, 0.2) is 5.13 Å². The first-order valence-corrected chi connectivity index (χ1v) is 11.8. The number of fused-ring (bicyclic) bond motifs is 2. The Balaban J connectivity index is 1.31. The highest BCUT2D eigenvalue weighted by Gasteiger charge is 2.64. The number of carboxylic acid groups (broad SMARTS) is 1. The van der Waals surface area contributed by atoms with E-state index in [1.807, 2.05) is 13.8 Å². The lowest BCUT2D eigenvalue weighted by atomic mass is 9.93. The van der Waals surface area contributed by atoms with Crippen LogP contribution in [0.3, 0.4) is 0 Å². The lowest BCUT2D eigenvalue weighted by molar-refractivity contribution is -0.161. The van der Waals surface area contributed by atoms with Crippen LogP contribution in [0.15, 0.2) is 5.38 Å². The van der Waals surface area contributed by atoms with E-state index in [0.29, 0.717) is 35.0 Å². The van der Waals surface area contributed by atoms with Crippen LogP contribution in [0.1, 0.15) is 31.9 Å². The Bertz CT molecular complexity index is 910. The lowest BCUT2D eigenvalue weighted by Gasteiger charge is -2.44. The zero-order chi connectivity index (χ0) is 21.4. The van der Waals surface area contributed by atoms with Gasteiger partial charge in [-0.15, -0.1) is 23.1 Å². The molecule has 30 heavy (non-hydrogen) atoms. The number of carboxylic acids is 1. The topological polar surface area (TPSA) is 135 Å². The first-order valence-electron chi connectivity index (χ1n) is 10.0. The van der Waals surface area contributed by atoms with Crippen LogP contribution in [0.2, 0.25) is 0 Å². The molecule has 1 aromatic rings. The highest BCUT2D eigenvalue weighted by atomic mass is 32.2. The number of thiazole rings is 1. The van der Waals surface area contributed by atoms with Gasteiger partial charge in [-0.3, -0.25) is 9.59 Å². The summed E-state index contributed by atoms with van der Waals surface area (Å²) in [5.74, 6) is -0.674. The van der Waals surface area contributed by atoms with E-state index in [1.165, 1.54) is 28.0 Å². The van der Waals surface area contributed by atoms with E-state index in [1.54, 1.807) is 5.38 Å². The zero-order valence-electron chi connectivity index (χ0n) is 16.6. The number of carbonyl (C=O) groups excluding carboxylic acids is 2. The summed E-state index contributed by atoms with van der Waals surface area (Å²) in [6.07, 6.45) is 0.652.